The van der Waals surface area contributed by atoms with Gasteiger partial charge in [-0.05, 0) is 23.9 Å². The molecule has 0 spiro atoms. The minimum absolute atomic E-state index is 0.240. The average molecular weight is 294 g/mol. The van der Waals surface area contributed by atoms with Crippen LogP contribution in [0.4, 0.5) is 0 Å². The number of carbonyl (C=O) groups is 1. The van der Waals surface area contributed by atoms with Gasteiger partial charge in [0, 0.05) is 17.3 Å². The summed E-state index contributed by atoms with van der Waals surface area (Å²) in [6.07, 6.45) is 2.29. The molecule has 3 aromatic rings. The Morgan fingerprint density at radius 2 is 1.68 bits per heavy atom. The highest BCUT2D eigenvalue weighted by atomic mass is 16.5. The molecule has 0 saturated carbocycles. The van der Waals surface area contributed by atoms with Gasteiger partial charge in [-0.25, -0.2) is 5.06 Å². The number of amides is 1. The van der Waals surface area contributed by atoms with E-state index in [1.54, 1.807) is 0 Å². The summed E-state index contributed by atoms with van der Waals surface area (Å²) in [6, 6.07) is 19.6. The van der Waals surface area contributed by atoms with Crippen LogP contribution in [0.1, 0.15) is 11.3 Å². The van der Waals surface area contributed by atoms with Crippen LogP contribution >= 0.6 is 0 Å². The zero-order chi connectivity index (χ0) is 15.8. The highest BCUT2D eigenvalue weighted by Crippen LogP contribution is 2.12. The molecule has 1 N–H and O–H groups in total. The third kappa shape index (κ3) is 4.68. The Hall–Kier alpha value is -2.72. The van der Waals surface area contributed by atoms with Gasteiger partial charge >= 0.3 is 0 Å². The second-order valence-electron chi connectivity index (χ2n) is 4.86. The van der Waals surface area contributed by atoms with Crippen LogP contribution in [0.5, 0.6) is 0 Å². The van der Waals surface area contributed by atoms with E-state index in [-0.39, 0.29) is 6.54 Å². The van der Waals surface area contributed by atoms with E-state index in [1.807, 2.05) is 55.6 Å². The molecule has 0 radical (unpaired) electrons. The topological polar surface area (TPSA) is 53.4 Å². The lowest BCUT2D eigenvalue weighted by molar-refractivity contribution is -0.152. The number of hydrogen-bond donors (Lipinski definition) is 1. The highest BCUT2D eigenvalue weighted by Gasteiger charge is 1.95. The third-order valence-electron chi connectivity index (χ3n) is 3.08. The summed E-state index contributed by atoms with van der Waals surface area (Å²) in [5.74, 6) is 0. The Bertz CT molecular complexity index is 729. The first-order valence-electron chi connectivity index (χ1n) is 6.95. The number of rotatable bonds is 3. The zero-order valence-corrected chi connectivity index (χ0v) is 12.4. The van der Waals surface area contributed by atoms with E-state index in [0.717, 1.165) is 11.3 Å². The quantitative estimate of drug-likeness (QED) is 0.456. The maximum atomic E-state index is 9.99. The Morgan fingerprint density at radius 1 is 1.05 bits per heavy atom. The summed E-state index contributed by atoms with van der Waals surface area (Å²) < 4.78 is 0. The molecule has 22 heavy (non-hydrogen) atoms. The normalized spacial score (nSPS) is 9.73. The Labute approximate surface area is 129 Å². The summed E-state index contributed by atoms with van der Waals surface area (Å²) in [5, 5.41) is 11.9. The molecule has 1 amide bonds. The number of hydroxylamine groups is 2. The Balaban J connectivity index is 0.000000160. The van der Waals surface area contributed by atoms with Crippen molar-refractivity contribution in [1.82, 2.24) is 10.0 Å². The van der Waals surface area contributed by atoms with Gasteiger partial charge in [0.1, 0.15) is 0 Å². The molecular weight excluding hydrogens is 276 g/mol. The van der Waals surface area contributed by atoms with Gasteiger partial charge in [0.25, 0.3) is 0 Å². The predicted molar refractivity (Wildman–Crippen MR) is 86.3 cm³/mol. The van der Waals surface area contributed by atoms with Crippen LogP contribution in [0.15, 0.2) is 66.9 Å². The number of hydrogen-bond acceptors (Lipinski definition) is 3. The van der Waals surface area contributed by atoms with E-state index >= 15 is 0 Å². The van der Waals surface area contributed by atoms with Gasteiger partial charge in [0.2, 0.25) is 6.41 Å². The first-order valence-corrected chi connectivity index (χ1v) is 6.95. The Morgan fingerprint density at radius 3 is 2.36 bits per heavy atom. The third-order valence-corrected chi connectivity index (χ3v) is 3.08. The van der Waals surface area contributed by atoms with Crippen molar-refractivity contribution in [1.29, 1.82) is 0 Å². The molecule has 0 aliphatic heterocycles. The van der Waals surface area contributed by atoms with Crippen molar-refractivity contribution in [3.63, 3.8) is 0 Å². The molecule has 0 bridgehead atoms. The molecular formula is C18H18N2O2. The van der Waals surface area contributed by atoms with Crippen LogP contribution in [0, 0.1) is 6.92 Å². The molecule has 3 rings (SSSR count). The van der Waals surface area contributed by atoms with Gasteiger partial charge < -0.3 is 0 Å². The van der Waals surface area contributed by atoms with Crippen molar-refractivity contribution >= 4 is 17.2 Å². The Kier molecular flexibility index (Phi) is 5.63. The van der Waals surface area contributed by atoms with Crippen LogP contribution in [0.3, 0.4) is 0 Å². The van der Waals surface area contributed by atoms with Crippen molar-refractivity contribution in [2.45, 2.75) is 13.5 Å². The summed E-state index contributed by atoms with van der Waals surface area (Å²) in [4.78, 5) is 14.2. The summed E-state index contributed by atoms with van der Waals surface area (Å²) in [7, 11) is 0. The first-order chi connectivity index (χ1) is 10.7. The summed E-state index contributed by atoms with van der Waals surface area (Å²) >= 11 is 0. The number of benzene rings is 2. The van der Waals surface area contributed by atoms with Crippen LogP contribution < -0.4 is 0 Å². The van der Waals surface area contributed by atoms with E-state index in [1.165, 1.54) is 10.8 Å². The van der Waals surface area contributed by atoms with Gasteiger partial charge in [-0.1, -0.05) is 54.6 Å². The van der Waals surface area contributed by atoms with Crippen molar-refractivity contribution in [3.05, 3.63) is 78.1 Å². The second-order valence-corrected chi connectivity index (χ2v) is 4.86. The fourth-order valence-electron chi connectivity index (χ4n) is 2.00. The zero-order valence-electron chi connectivity index (χ0n) is 12.4. The molecule has 0 aliphatic carbocycles. The lowest BCUT2D eigenvalue weighted by Gasteiger charge is -2.06. The standard InChI is InChI=1S/C10H9N.C8H9NO2/c1-8-6-9-4-2-3-5-10(9)7-11-8;10-7-9(11)6-8-4-2-1-3-5-8/h2-7H,1H3;1-5,7,11H,6H2. The van der Waals surface area contributed by atoms with Crippen molar-refractivity contribution in [2.24, 2.45) is 0 Å². The van der Waals surface area contributed by atoms with E-state index < -0.39 is 0 Å². The molecule has 0 saturated heterocycles. The van der Waals surface area contributed by atoms with Crippen molar-refractivity contribution in [3.8, 4) is 0 Å². The predicted octanol–water partition coefficient (Wildman–Crippen LogP) is 3.58. The minimum Gasteiger partial charge on any atom is -0.286 e. The van der Waals surface area contributed by atoms with Gasteiger partial charge in [0.15, 0.2) is 0 Å². The number of fused-ring (bicyclic) bond motifs is 1. The number of carbonyl (C=O) groups excluding carboxylic acids is 1. The van der Waals surface area contributed by atoms with Gasteiger partial charge in [-0.15, -0.1) is 0 Å². The SMILES string of the molecule is Cc1cc2ccccc2cn1.O=CN(O)Cc1ccccc1. The summed E-state index contributed by atoms with van der Waals surface area (Å²) in [6.45, 7) is 2.25. The van der Waals surface area contributed by atoms with E-state index in [0.29, 0.717) is 11.5 Å². The monoisotopic (exact) mass is 294 g/mol. The molecule has 1 aromatic heterocycles. The molecule has 0 unspecified atom stereocenters. The van der Waals surface area contributed by atoms with Crippen LogP contribution in [-0.2, 0) is 11.3 Å². The van der Waals surface area contributed by atoms with E-state index in [9.17, 15) is 4.79 Å². The van der Waals surface area contributed by atoms with E-state index in [2.05, 4.69) is 23.2 Å². The summed E-state index contributed by atoms with van der Waals surface area (Å²) in [5.41, 5.74) is 1.98. The molecule has 0 aliphatic rings. The molecule has 0 atom stereocenters. The number of aromatic nitrogens is 1. The minimum atomic E-state index is 0.240. The fourth-order valence-corrected chi connectivity index (χ4v) is 2.00. The van der Waals surface area contributed by atoms with Crippen LogP contribution in [-0.4, -0.2) is 21.7 Å². The molecule has 0 fully saturated rings. The maximum Gasteiger partial charge on any atom is 0.233 e. The molecule has 1 heterocycles. The smallest absolute Gasteiger partial charge is 0.233 e. The van der Waals surface area contributed by atoms with E-state index in [4.69, 9.17) is 5.21 Å². The number of nitrogens with zero attached hydrogens (tertiary/aromatic N) is 2. The molecule has 4 heteroatoms. The van der Waals surface area contributed by atoms with Crippen molar-refractivity contribution in [2.75, 3.05) is 0 Å². The number of aryl methyl sites for hydroxylation is 1. The largest absolute Gasteiger partial charge is 0.286 e. The number of pyridine rings is 1. The molecule has 4 nitrogen and oxygen atoms in total. The highest BCUT2D eigenvalue weighted by molar-refractivity contribution is 5.81. The lowest BCUT2D eigenvalue weighted by atomic mass is 10.1. The lowest BCUT2D eigenvalue weighted by Crippen LogP contribution is -2.15. The van der Waals surface area contributed by atoms with Gasteiger partial charge in [-0.2, -0.15) is 0 Å². The average Bonchev–Trinajstić information content (AvgIpc) is 2.56. The van der Waals surface area contributed by atoms with Gasteiger partial charge in [-0.3, -0.25) is 15.0 Å². The molecule has 112 valence electrons. The van der Waals surface area contributed by atoms with Gasteiger partial charge in [0.05, 0.1) is 6.54 Å². The first kappa shape index (κ1) is 15.7. The molecule has 2 aromatic carbocycles. The fraction of sp³-hybridized carbons (Fsp3) is 0.111. The maximum absolute atomic E-state index is 9.99. The van der Waals surface area contributed by atoms with Crippen molar-refractivity contribution < 1.29 is 10.0 Å². The second kappa shape index (κ2) is 7.90. The van der Waals surface area contributed by atoms with Crippen LogP contribution in [0.25, 0.3) is 10.8 Å². The van der Waals surface area contributed by atoms with Crippen LogP contribution in [0.2, 0.25) is 0 Å².